The molecule has 0 aromatic rings. The van der Waals surface area contributed by atoms with E-state index < -0.39 is 0 Å². The van der Waals surface area contributed by atoms with Gasteiger partial charge in [0.2, 0.25) is 0 Å². The maximum atomic E-state index is 9.87. The molecule has 0 aromatic carbocycles. The Hall–Kier alpha value is -0.790. The highest BCUT2D eigenvalue weighted by Crippen LogP contribution is 2.08. The van der Waals surface area contributed by atoms with E-state index in [1.807, 2.05) is 0 Å². The van der Waals surface area contributed by atoms with E-state index >= 15 is 0 Å². The van der Waals surface area contributed by atoms with E-state index in [9.17, 15) is 4.79 Å². The molecule has 17 heavy (non-hydrogen) atoms. The molecule has 2 heteroatoms. The van der Waals surface area contributed by atoms with Crippen molar-refractivity contribution in [2.45, 2.75) is 71.1 Å². The summed E-state index contributed by atoms with van der Waals surface area (Å²) in [5.41, 5.74) is 0. The lowest BCUT2D eigenvalue weighted by molar-refractivity contribution is -0.128. The minimum atomic E-state index is 0.516. The highest BCUT2D eigenvalue weighted by Gasteiger charge is 1.89. The van der Waals surface area contributed by atoms with Gasteiger partial charge in [0.15, 0.2) is 0 Å². The van der Waals surface area contributed by atoms with Crippen LogP contribution in [0.5, 0.6) is 0 Å². The molecule has 0 heterocycles. The zero-order chi connectivity index (χ0) is 12.6. The summed E-state index contributed by atoms with van der Waals surface area (Å²) in [6.45, 7) is 3.32. The third kappa shape index (κ3) is 15.2. The van der Waals surface area contributed by atoms with Crippen LogP contribution in [0.2, 0.25) is 0 Å². The Labute approximate surface area is 106 Å². The fourth-order valence-corrected chi connectivity index (χ4v) is 1.79. The van der Waals surface area contributed by atoms with Crippen LogP contribution >= 0.6 is 0 Å². The van der Waals surface area contributed by atoms with Gasteiger partial charge < -0.3 is 4.74 Å². The van der Waals surface area contributed by atoms with Crippen LogP contribution in [-0.2, 0) is 9.53 Å². The summed E-state index contributed by atoms with van der Waals surface area (Å²) in [5.74, 6) is 0. The van der Waals surface area contributed by atoms with Crippen LogP contribution in [0, 0.1) is 0 Å². The van der Waals surface area contributed by atoms with E-state index in [1.165, 1.54) is 51.4 Å². The average Bonchev–Trinajstić information content (AvgIpc) is 2.35. The molecule has 0 unspecified atom stereocenters. The first-order chi connectivity index (χ1) is 8.41. The summed E-state index contributed by atoms with van der Waals surface area (Å²) in [6.07, 6.45) is 17.2. The lowest BCUT2D eigenvalue weighted by Gasteiger charge is -1.99. The quantitative estimate of drug-likeness (QED) is 0.266. The fourth-order valence-electron chi connectivity index (χ4n) is 1.79. The third-order valence-electron chi connectivity index (χ3n) is 2.84. The Morgan fingerprint density at radius 3 is 2.06 bits per heavy atom. The molecule has 0 saturated heterocycles. The van der Waals surface area contributed by atoms with Crippen LogP contribution in [0.3, 0.4) is 0 Å². The standard InChI is InChI=1S/C15H28O2/c1-2-3-4-5-6-7-8-9-10-11-12-13-14-17-15-16/h10-11,15H,2-9,12-14H2,1H3/b11-10+. The van der Waals surface area contributed by atoms with Crippen molar-refractivity contribution in [1.29, 1.82) is 0 Å². The Balaban J connectivity index is 3.01. The van der Waals surface area contributed by atoms with Gasteiger partial charge >= 0.3 is 0 Å². The molecule has 0 atom stereocenters. The van der Waals surface area contributed by atoms with Gasteiger partial charge in [-0.05, 0) is 25.7 Å². The maximum absolute atomic E-state index is 9.87. The van der Waals surface area contributed by atoms with Gasteiger partial charge in [-0.1, -0.05) is 57.6 Å². The molecule has 100 valence electrons. The molecular weight excluding hydrogens is 212 g/mol. The Morgan fingerprint density at radius 2 is 1.41 bits per heavy atom. The summed E-state index contributed by atoms with van der Waals surface area (Å²) in [7, 11) is 0. The highest BCUT2D eigenvalue weighted by molar-refractivity contribution is 5.36. The Kier molecular flexibility index (Phi) is 14.5. The first-order valence-corrected chi connectivity index (χ1v) is 7.12. The molecule has 0 aliphatic heterocycles. The Morgan fingerprint density at radius 1 is 0.824 bits per heavy atom. The van der Waals surface area contributed by atoms with Gasteiger partial charge in [-0.2, -0.15) is 0 Å². The van der Waals surface area contributed by atoms with Crippen molar-refractivity contribution in [2.24, 2.45) is 0 Å². The molecule has 0 N–H and O–H groups in total. The maximum Gasteiger partial charge on any atom is 0.293 e. The molecule has 0 spiro atoms. The van der Waals surface area contributed by atoms with E-state index in [-0.39, 0.29) is 0 Å². The largest absolute Gasteiger partial charge is 0.468 e. The lowest BCUT2D eigenvalue weighted by Crippen LogP contribution is -1.89. The summed E-state index contributed by atoms with van der Waals surface area (Å²) in [4.78, 5) is 9.87. The zero-order valence-corrected chi connectivity index (χ0v) is 11.3. The summed E-state index contributed by atoms with van der Waals surface area (Å²) < 4.78 is 4.61. The first kappa shape index (κ1) is 16.2. The number of carbonyl (C=O) groups excluding carboxylic acids is 1. The summed E-state index contributed by atoms with van der Waals surface area (Å²) >= 11 is 0. The van der Waals surface area contributed by atoms with Crippen LogP contribution in [-0.4, -0.2) is 13.1 Å². The van der Waals surface area contributed by atoms with Gasteiger partial charge in [0, 0.05) is 0 Å². The minimum absolute atomic E-state index is 0.516. The van der Waals surface area contributed by atoms with Gasteiger partial charge in [0.25, 0.3) is 6.47 Å². The normalized spacial score (nSPS) is 10.9. The average molecular weight is 240 g/mol. The van der Waals surface area contributed by atoms with E-state index in [0.29, 0.717) is 13.1 Å². The summed E-state index contributed by atoms with van der Waals surface area (Å²) in [6, 6.07) is 0. The van der Waals surface area contributed by atoms with E-state index in [1.54, 1.807) is 0 Å². The van der Waals surface area contributed by atoms with Gasteiger partial charge in [0.1, 0.15) is 0 Å². The van der Waals surface area contributed by atoms with Gasteiger partial charge in [-0.15, -0.1) is 0 Å². The van der Waals surface area contributed by atoms with Crippen molar-refractivity contribution >= 4 is 6.47 Å². The van der Waals surface area contributed by atoms with Gasteiger partial charge in [-0.25, -0.2) is 0 Å². The van der Waals surface area contributed by atoms with Gasteiger partial charge in [-0.3, -0.25) is 4.79 Å². The molecule has 0 fully saturated rings. The molecule has 0 saturated carbocycles. The lowest BCUT2D eigenvalue weighted by atomic mass is 10.1. The van der Waals surface area contributed by atoms with Crippen molar-refractivity contribution in [3.05, 3.63) is 12.2 Å². The first-order valence-electron chi connectivity index (χ1n) is 7.12. The molecular formula is C15H28O2. The number of unbranched alkanes of at least 4 members (excludes halogenated alkanes) is 8. The van der Waals surface area contributed by atoms with Crippen LogP contribution in [0.15, 0.2) is 12.2 Å². The fraction of sp³-hybridized carbons (Fsp3) is 0.800. The second-order valence-electron chi connectivity index (χ2n) is 4.49. The van der Waals surface area contributed by atoms with E-state index in [4.69, 9.17) is 0 Å². The molecule has 0 bridgehead atoms. The molecule has 0 amide bonds. The number of carbonyl (C=O) groups is 1. The minimum Gasteiger partial charge on any atom is -0.468 e. The van der Waals surface area contributed by atoms with E-state index in [0.717, 1.165) is 12.8 Å². The summed E-state index contributed by atoms with van der Waals surface area (Å²) in [5, 5.41) is 0. The van der Waals surface area contributed by atoms with Crippen LogP contribution in [0.4, 0.5) is 0 Å². The number of hydrogen-bond acceptors (Lipinski definition) is 2. The zero-order valence-electron chi connectivity index (χ0n) is 11.3. The predicted octanol–water partition coefficient (Wildman–Crippen LogP) is 4.64. The van der Waals surface area contributed by atoms with Crippen molar-refractivity contribution in [3.8, 4) is 0 Å². The molecule has 2 nitrogen and oxygen atoms in total. The van der Waals surface area contributed by atoms with Crippen molar-refractivity contribution in [1.82, 2.24) is 0 Å². The molecule has 0 aromatic heterocycles. The molecule has 0 aliphatic rings. The molecule has 0 radical (unpaired) electrons. The number of rotatable bonds is 13. The SMILES string of the molecule is CCCCCCCCC/C=C/CCCOC=O. The van der Waals surface area contributed by atoms with Crippen molar-refractivity contribution in [2.75, 3.05) is 6.61 Å². The smallest absolute Gasteiger partial charge is 0.293 e. The van der Waals surface area contributed by atoms with Gasteiger partial charge in [0.05, 0.1) is 6.61 Å². The van der Waals surface area contributed by atoms with E-state index in [2.05, 4.69) is 23.8 Å². The van der Waals surface area contributed by atoms with Crippen molar-refractivity contribution < 1.29 is 9.53 Å². The third-order valence-corrected chi connectivity index (χ3v) is 2.84. The molecule has 0 rings (SSSR count). The topological polar surface area (TPSA) is 26.3 Å². The second kappa shape index (κ2) is 15.2. The predicted molar refractivity (Wildman–Crippen MR) is 73.0 cm³/mol. The van der Waals surface area contributed by atoms with Crippen molar-refractivity contribution in [3.63, 3.8) is 0 Å². The number of allylic oxidation sites excluding steroid dienone is 2. The monoisotopic (exact) mass is 240 g/mol. The Bertz CT molecular complexity index is 176. The second-order valence-corrected chi connectivity index (χ2v) is 4.49. The highest BCUT2D eigenvalue weighted by atomic mass is 16.5. The molecule has 0 aliphatic carbocycles. The number of ether oxygens (including phenoxy) is 1. The van der Waals surface area contributed by atoms with Crippen LogP contribution in [0.25, 0.3) is 0 Å². The van der Waals surface area contributed by atoms with Crippen LogP contribution in [0.1, 0.15) is 71.1 Å². The number of hydrogen-bond donors (Lipinski definition) is 0. The van der Waals surface area contributed by atoms with Crippen LogP contribution < -0.4 is 0 Å².